The van der Waals surface area contributed by atoms with Gasteiger partial charge in [0.25, 0.3) is 0 Å². The van der Waals surface area contributed by atoms with E-state index in [-0.39, 0.29) is 35.8 Å². The number of aromatic nitrogens is 1. The predicted octanol–water partition coefficient (Wildman–Crippen LogP) is 5.05. The molecule has 1 aliphatic heterocycles. The van der Waals surface area contributed by atoms with Crippen molar-refractivity contribution >= 4 is 33.4 Å². The lowest BCUT2D eigenvalue weighted by molar-refractivity contribution is -0.137. The Balaban J connectivity index is 1.38. The maximum absolute atomic E-state index is 13.1. The Labute approximate surface area is 199 Å². The fourth-order valence-electron chi connectivity index (χ4n) is 4.15. The van der Waals surface area contributed by atoms with Crippen LogP contribution in [0.4, 0.5) is 19.0 Å². The molecule has 1 saturated carbocycles. The number of Topliss-reactive ketones (excluding diaryl/α,β-unsaturated/α-hetero) is 1. The van der Waals surface area contributed by atoms with Crippen molar-refractivity contribution in [1.82, 2.24) is 9.88 Å². The van der Waals surface area contributed by atoms with Crippen LogP contribution in [-0.2, 0) is 15.8 Å². The number of piperazine rings is 1. The first-order valence-electron chi connectivity index (χ1n) is 11.0. The monoisotopic (exact) mass is 523 g/mol. The Morgan fingerprint density at radius 2 is 1.70 bits per heavy atom. The molecule has 1 aromatic heterocycles. The minimum Gasteiger partial charge on any atom is -0.353 e. The van der Waals surface area contributed by atoms with Crippen LogP contribution in [0, 0.1) is 5.92 Å². The van der Waals surface area contributed by atoms with Gasteiger partial charge < -0.3 is 9.80 Å². The number of ketones is 1. The third kappa shape index (κ3) is 6.13. The average molecular weight is 524 g/mol. The second kappa shape index (κ2) is 9.83. The first-order valence-corrected chi connectivity index (χ1v) is 11.8. The maximum atomic E-state index is 13.1. The van der Waals surface area contributed by atoms with Gasteiger partial charge in [-0.05, 0) is 48.6 Å². The number of benzene rings is 1. The van der Waals surface area contributed by atoms with Crippen molar-refractivity contribution in [2.45, 2.75) is 37.8 Å². The largest absolute Gasteiger partial charge is 0.416 e. The van der Waals surface area contributed by atoms with E-state index >= 15 is 0 Å². The first-order chi connectivity index (χ1) is 15.7. The second-order valence-electron chi connectivity index (χ2n) is 8.67. The fraction of sp³-hybridized carbons (Fsp3) is 0.458. The van der Waals surface area contributed by atoms with Crippen molar-refractivity contribution in [3.63, 3.8) is 0 Å². The smallest absolute Gasteiger partial charge is 0.353 e. The van der Waals surface area contributed by atoms with Gasteiger partial charge >= 0.3 is 6.18 Å². The molecule has 5 nitrogen and oxygen atoms in total. The standard InChI is InChI=1S/C24H25BrF3N3O2/c25-20-5-3-16(4-6-20)18(13-21(32)17-1-2-17)14-23(33)31-11-9-30(10-12-31)22-15-19(7-8-29-22)24(26,27)28/h3-8,15,17-18H,1-2,9-14H2. The third-order valence-corrected chi connectivity index (χ3v) is 6.80. The summed E-state index contributed by atoms with van der Waals surface area (Å²) in [5.41, 5.74) is 0.232. The molecule has 0 radical (unpaired) electrons. The van der Waals surface area contributed by atoms with Gasteiger partial charge in [-0.2, -0.15) is 13.2 Å². The fourth-order valence-corrected chi connectivity index (χ4v) is 4.41. The number of hydrogen-bond acceptors (Lipinski definition) is 4. The molecule has 2 fully saturated rings. The Morgan fingerprint density at radius 1 is 1.03 bits per heavy atom. The number of rotatable bonds is 7. The summed E-state index contributed by atoms with van der Waals surface area (Å²) in [6.45, 7) is 1.62. The molecule has 33 heavy (non-hydrogen) atoms. The van der Waals surface area contributed by atoms with Crippen LogP contribution in [0.5, 0.6) is 0 Å². The molecule has 4 rings (SSSR count). The number of hydrogen-bond donors (Lipinski definition) is 0. The van der Waals surface area contributed by atoms with Crippen LogP contribution < -0.4 is 4.90 Å². The van der Waals surface area contributed by atoms with Crippen molar-refractivity contribution in [3.8, 4) is 0 Å². The normalized spacial score (nSPS) is 17.7. The highest BCUT2D eigenvalue weighted by molar-refractivity contribution is 9.10. The van der Waals surface area contributed by atoms with Gasteiger partial charge in [0.2, 0.25) is 5.91 Å². The van der Waals surface area contributed by atoms with E-state index in [9.17, 15) is 22.8 Å². The molecule has 1 amide bonds. The molecule has 176 valence electrons. The Bertz CT molecular complexity index is 1000. The van der Waals surface area contributed by atoms with E-state index in [1.54, 1.807) is 9.80 Å². The molecule has 2 aromatic rings. The maximum Gasteiger partial charge on any atom is 0.416 e. The van der Waals surface area contributed by atoms with E-state index in [2.05, 4.69) is 20.9 Å². The highest BCUT2D eigenvalue weighted by Gasteiger charge is 2.34. The van der Waals surface area contributed by atoms with Gasteiger partial charge in [0.1, 0.15) is 11.6 Å². The van der Waals surface area contributed by atoms with Crippen LogP contribution in [0.25, 0.3) is 0 Å². The average Bonchev–Trinajstić information content (AvgIpc) is 3.64. The van der Waals surface area contributed by atoms with Crippen LogP contribution in [0.15, 0.2) is 47.1 Å². The summed E-state index contributed by atoms with van der Waals surface area (Å²) in [6, 6.07) is 9.71. The van der Waals surface area contributed by atoms with E-state index in [4.69, 9.17) is 0 Å². The van der Waals surface area contributed by atoms with Crippen molar-refractivity contribution in [2.75, 3.05) is 31.1 Å². The van der Waals surface area contributed by atoms with Crippen LogP contribution >= 0.6 is 15.9 Å². The quantitative estimate of drug-likeness (QED) is 0.509. The topological polar surface area (TPSA) is 53.5 Å². The van der Waals surface area contributed by atoms with Crippen molar-refractivity contribution in [3.05, 3.63) is 58.2 Å². The summed E-state index contributed by atoms with van der Waals surface area (Å²) in [6.07, 6.45) is -0.796. The zero-order chi connectivity index (χ0) is 23.6. The van der Waals surface area contributed by atoms with Gasteiger partial charge in [0.15, 0.2) is 0 Å². The van der Waals surface area contributed by atoms with Crippen molar-refractivity contribution in [1.29, 1.82) is 0 Å². The number of alkyl halides is 3. The first kappa shape index (κ1) is 23.7. The van der Waals surface area contributed by atoms with Crippen molar-refractivity contribution < 1.29 is 22.8 Å². The zero-order valence-electron chi connectivity index (χ0n) is 18.0. The van der Waals surface area contributed by atoms with Gasteiger partial charge in [-0.15, -0.1) is 0 Å². The number of nitrogens with zero attached hydrogens (tertiary/aromatic N) is 3. The molecule has 2 heterocycles. The van der Waals surface area contributed by atoms with Gasteiger partial charge in [-0.3, -0.25) is 9.59 Å². The molecule has 1 aliphatic carbocycles. The van der Waals surface area contributed by atoms with Gasteiger partial charge in [0, 0.05) is 55.6 Å². The lowest BCUT2D eigenvalue weighted by Crippen LogP contribution is -2.49. The van der Waals surface area contributed by atoms with Crippen molar-refractivity contribution in [2.24, 2.45) is 5.92 Å². The molecule has 0 spiro atoms. The molecule has 9 heteroatoms. The van der Waals surface area contributed by atoms with E-state index in [1.807, 2.05) is 24.3 Å². The van der Waals surface area contributed by atoms with Gasteiger partial charge in [-0.1, -0.05) is 28.1 Å². The van der Waals surface area contributed by atoms with Crippen LogP contribution in [0.3, 0.4) is 0 Å². The Hall–Kier alpha value is -2.42. The molecule has 0 bridgehead atoms. The molecule has 1 unspecified atom stereocenters. The summed E-state index contributed by atoms with van der Waals surface area (Å²) in [7, 11) is 0. The summed E-state index contributed by atoms with van der Waals surface area (Å²) < 4.78 is 39.9. The number of amides is 1. The Morgan fingerprint density at radius 3 is 2.30 bits per heavy atom. The molecule has 1 saturated heterocycles. The molecule has 2 aliphatic rings. The summed E-state index contributed by atoms with van der Waals surface area (Å²) >= 11 is 3.42. The highest BCUT2D eigenvalue weighted by atomic mass is 79.9. The van der Waals surface area contributed by atoms with Gasteiger partial charge in [-0.25, -0.2) is 4.98 Å². The zero-order valence-corrected chi connectivity index (χ0v) is 19.6. The SMILES string of the molecule is O=C(CC(CC(=O)N1CCN(c2cc(C(F)(F)F)ccn2)CC1)c1ccc(Br)cc1)C1CC1. The Kier molecular flexibility index (Phi) is 7.07. The molecule has 1 atom stereocenters. The molecule has 1 aromatic carbocycles. The van der Waals surface area contributed by atoms with Crippen LogP contribution in [-0.4, -0.2) is 47.8 Å². The van der Waals surface area contributed by atoms with E-state index in [0.717, 1.165) is 41.2 Å². The van der Waals surface area contributed by atoms with E-state index in [0.29, 0.717) is 32.6 Å². The lowest BCUT2D eigenvalue weighted by Gasteiger charge is -2.36. The highest BCUT2D eigenvalue weighted by Crippen LogP contribution is 2.36. The van der Waals surface area contributed by atoms with Gasteiger partial charge in [0.05, 0.1) is 5.56 Å². The number of pyridine rings is 1. The minimum atomic E-state index is -4.42. The van der Waals surface area contributed by atoms with Crippen LogP contribution in [0.1, 0.15) is 42.7 Å². The molecular formula is C24H25BrF3N3O2. The summed E-state index contributed by atoms with van der Waals surface area (Å²) in [5.74, 6) is 0.405. The summed E-state index contributed by atoms with van der Waals surface area (Å²) in [4.78, 5) is 33.1. The molecule has 0 N–H and O–H groups in total. The number of halogens is 4. The predicted molar refractivity (Wildman–Crippen MR) is 122 cm³/mol. The summed E-state index contributed by atoms with van der Waals surface area (Å²) in [5, 5.41) is 0. The third-order valence-electron chi connectivity index (χ3n) is 6.27. The van der Waals surface area contributed by atoms with Crippen LogP contribution in [0.2, 0.25) is 0 Å². The van der Waals surface area contributed by atoms with E-state index < -0.39 is 11.7 Å². The van der Waals surface area contributed by atoms with E-state index in [1.165, 1.54) is 0 Å². The number of anilines is 1. The second-order valence-corrected chi connectivity index (χ2v) is 9.58. The molecular weight excluding hydrogens is 499 g/mol. The lowest BCUT2D eigenvalue weighted by atomic mass is 9.89. The number of carbonyl (C=O) groups is 2. The minimum absolute atomic E-state index is 0.0387. The number of carbonyl (C=O) groups excluding carboxylic acids is 2.